The third-order valence-electron chi connectivity index (χ3n) is 5.90. The number of allylic oxidation sites excluding steroid dienone is 2. The Morgan fingerprint density at radius 3 is 2.55 bits per heavy atom. The lowest BCUT2D eigenvalue weighted by Crippen LogP contribution is -2.36. The Balaban J connectivity index is 1.70. The average molecular weight is 453 g/mol. The smallest absolute Gasteiger partial charge is 0.226 e. The van der Waals surface area contributed by atoms with E-state index in [1.54, 1.807) is 16.8 Å². The summed E-state index contributed by atoms with van der Waals surface area (Å²) >= 11 is 12.8. The summed E-state index contributed by atoms with van der Waals surface area (Å²) in [4.78, 5) is 18.1. The number of benzene rings is 2. The zero-order valence-corrected chi connectivity index (χ0v) is 19.1. The summed E-state index contributed by atoms with van der Waals surface area (Å²) in [6.45, 7) is 6.26. The molecule has 5 rings (SSSR count). The molecule has 1 aliphatic carbocycles. The van der Waals surface area contributed by atoms with E-state index in [1.165, 1.54) is 5.56 Å². The van der Waals surface area contributed by atoms with Gasteiger partial charge < -0.3 is 5.32 Å². The van der Waals surface area contributed by atoms with Crippen LogP contribution in [0.3, 0.4) is 0 Å². The number of aryl methyl sites for hydroxylation is 1. The number of halogens is 2. The van der Waals surface area contributed by atoms with Crippen LogP contribution < -0.4 is 5.32 Å². The Kier molecular flexibility index (Phi) is 4.72. The molecule has 31 heavy (non-hydrogen) atoms. The molecular formula is C24H22Cl2N4O. The van der Waals surface area contributed by atoms with Crippen LogP contribution in [0.15, 0.2) is 53.7 Å². The van der Waals surface area contributed by atoms with Gasteiger partial charge in [0.05, 0.1) is 0 Å². The van der Waals surface area contributed by atoms with Gasteiger partial charge in [-0.1, -0.05) is 72.9 Å². The molecule has 0 saturated heterocycles. The zero-order chi connectivity index (χ0) is 21.9. The van der Waals surface area contributed by atoms with Crippen LogP contribution in [-0.2, 0) is 4.79 Å². The summed E-state index contributed by atoms with van der Waals surface area (Å²) < 4.78 is 1.78. The molecule has 158 valence electrons. The van der Waals surface area contributed by atoms with Crippen LogP contribution in [0.1, 0.15) is 43.9 Å². The monoisotopic (exact) mass is 452 g/mol. The maximum absolute atomic E-state index is 13.3. The Hall–Kier alpha value is -2.63. The molecule has 0 fully saturated rings. The van der Waals surface area contributed by atoms with Gasteiger partial charge in [-0.25, -0.2) is 4.68 Å². The Morgan fingerprint density at radius 2 is 1.84 bits per heavy atom. The van der Waals surface area contributed by atoms with E-state index >= 15 is 0 Å². The first kappa shape index (κ1) is 20.3. The summed E-state index contributed by atoms with van der Waals surface area (Å²) in [5.41, 5.74) is 4.35. The molecule has 1 aliphatic heterocycles. The first-order valence-electron chi connectivity index (χ1n) is 10.2. The maximum Gasteiger partial charge on any atom is 0.226 e. The molecule has 3 aromatic rings. The van der Waals surface area contributed by atoms with Crippen molar-refractivity contribution in [3.05, 3.63) is 74.9 Å². The van der Waals surface area contributed by atoms with Crippen LogP contribution in [0.4, 0.5) is 5.95 Å². The van der Waals surface area contributed by atoms with Crippen molar-refractivity contribution in [2.75, 3.05) is 5.32 Å². The van der Waals surface area contributed by atoms with Crippen molar-refractivity contribution in [3.63, 3.8) is 0 Å². The molecule has 1 atom stereocenters. The lowest BCUT2D eigenvalue weighted by molar-refractivity contribution is -0.118. The van der Waals surface area contributed by atoms with Gasteiger partial charge in [-0.3, -0.25) is 4.79 Å². The van der Waals surface area contributed by atoms with Crippen LogP contribution in [0.2, 0.25) is 10.0 Å². The molecule has 7 heteroatoms. The minimum absolute atomic E-state index is 0.104. The molecular weight excluding hydrogens is 431 g/mol. The van der Waals surface area contributed by atoms with Gasteiger partial charge in [0.2, 0.25) is 5.95 Å². The molecule has 0 spiro atoms. The predicted molar refractivity (Wildman–Crippen MR) is 123 cm³/mol. The lowest BCUT2D eigenvalue weighted by atomic mass is 9.73. The summed E-state index contributed by atoms with van der Waals surface area (Å²) in [5, 5.41) is 9.25. The van der Waals surface area contributed by atoms with E-state index in [0.717, 1.165) is 23.2 Å². The van der Waals surface area contributed by atoms with Crippen molar-refractivity contribution in [3.8, 4) is 11.4 Å². The number of rotatable bonds is 2. The highest BCUT2D eigenvalue weighted by Gasteiger charge is 2.42. The first-order chi connectivity index (χ1) is 14.7. The van der Waals surface area contributed by atoms with E-state index in [4.69, 9.17) is 33.3 Å². The van der Waals surface area contributed by atoms with Gasteiger partial charge in [0.25, 0.3) is 0 Å². The molecule has 0 bridgehead atoms. The zero-order valence-electron chi connectivity index (χ0n) is 17.5. The number of Topliss-reactive ketones (excluding diaryl/α,β-unsaturated/α-hetero) is 1. The highest BCUT2D eigenvalue weighted by molar-refractivity contribution is 6.35. The van der Waals surface area contributed by atoms with Crippen molar-refractivity contribution in [1.82, 2.24) is 14.8 Å². The highest BCUT2D eigenvalue weighted by atomic mass is 35.5. The minimum Gasteiger partial charge on any atom is -0.328 e. The summed E-state index contributed by atoms with van der Waals surface area (Å²) in [6, 6.07) is 13.0. The van der Waals surface area contributed by atoms with Gasteiger partial charge in [0.1, 0.15) is 6.04 Å². The van der Waals surface area contributed by atoms with Crippen molar-refractivity contribution < 1.29 is 4.79 Å². The molecule has 0 saturated carbocycles. The topological polar surface area (TPSA) is 59.8 Å². The molecule has 1 aromatic heterocycles. The fourth-order valence-electron chi connectivity index (χ4n) is 4.44. The molecule has 0 radical (unpaired) electrons. The number of carbonyl (C=O) groups excluding carboxylic acids is 1. The second kappa shape index (κ2) is 7.21. The molecule has 2 heterocycles. The number of nitrogens with one attached hydrogen (secondary N) is 1. The number of anilines is 1. The summed E-state index contributed by atoms with van der Waals surface area (Å²) in [7, 11) is 0. The number of hydrogen-bond donors (Lipinski definition) is 1. The molecule has 2 aromatic carbocycles. The van der Waals surface area contributed by atoms with Gasteiger partial charge >= 0.3 is 0 Å². The largest absolute Gasteiger partial charge is 0.328 e. The quantitative estimate of drug-likeness (QED) is 0.501. The Labute approximate surface area is 191 Å². The second-order valence-corrected chi connectivity index (χ2v) is 9.94. The van der Waals surface area contributed by atoms with Gasteiger partial charge in [0, 0.05) is 38.9 Å². The number of ketones is 1. The molecule has 0 amide bonds. The van der Waals surface area contributed by atoms with E-state index in [2.05, 4.69) is 19.2 Å². The molecule has 1 N–H and O–H groups in total. The molecule has 1 unspecified atom stereocenters. The SMILES string of the molecule is Cc1ccc(-c2nc3n(n2)C(c2ccc(Cl)cc2Cl)C2=C(CC(C)(C)CC2=O)N3)cc1. The first-order valence-corrected chi connectivity index (χ1v) is 11.0. The van der Waals surface area contributed by atoms with Crippen molar-refractivity contribution in [1.29, 1.82) is 0 Å². The van der Waals surface area contributed by atoms with Crippen molar-refractivity contribution >= 4 is 34.9 Å². The Bertz CT molecular complexity index is 1240. The average Bonchev–Trinajstić information content (AvgIpc) is 3.10. The number of nitrogens with zero attached hydrogens (tertiary/aromatic N) is 3. The fourth-order valence-corrected chi connectivity index (χ4v) is 4.96. The van der Waals surface area contributed by atoms with Gasteiger partial charge in [0.15, 0.2) is 11.6 Å². The molecule has 5 nitrogen and oxygen atoms in total. The van der Waals surface area contributed by atoms with Crippen LogP contribution in [-0.4, -0.2) is 20.5 Å². The van der Waals surface area contributed by atoms with E-state index in [1.807, 2.05) is 37.3 Å². The third-order valence-corrected chi connectivity index (χ3v) is 6.46. The van der Waals surface area contributed by atoms with Crippen LogP contribution in [0.5, 0.6) is 0 Å². The number of fused-ring (bicyclic) bond motifs is 1. The van der Waals surface area contributed by atoms with Crippen molar-refractivity contribution in [2.45, 2.75) is 39.7 Å². The van der Waals surface area contributed by atoms with Crippen LogP contribution in [0.25, 0.3) is 11.4 Å². The van der Waals surface area contributed by atoms with Crippen molar-refractivity contribution in [2.24, 2.45) is 5.41 Å². The fraction of sp³-hybridized carbons (Fsp3) is 0.292. The predicted octanol–water partition coefficient (Wildman–Crippen LogP) is 6.22. The van der Waals surface area contributed by atoms with E-state index in [9.17, 15) is 4.79 Å². The normalized spacial score (nSPS) is 19.6. The molecule has 2 aliphatic rings. The number of aromatic nitrogens is 3. The van der Waals surface area contributed by atoms with Crippen LogP contribution >= 0.6 is 23.2 Å². The van der Waals surface area contributed by atoms with Crippen LogP contribution in [0, 0.1) is 12.3 Å². The second-order valence-electron chi connectivity index (χ2n) is 9.10. The Morgan fingerprint density at radius 1 is 1.10 bits per heavy atom. The minimum atomic E-state index is -0.452. The summed E-state index contributed by atoms with van der Waals surface area (Å²) in [5.74, 6) is 1.31. The standard InChI is InChI=1S/C24H22Cl2N4O/c1-13-4-6-14(7-5-13)22-28-23-27-18-11-24(2,3)12-19(31)20(18)21(30(23)29-22)16-9-8-15(25)10-17(16)26/h4-10,21H,11-12H2,1-3H3,(H,27,28,29). The van der Waals surface area contributed by atoms with E-state index in [-0.39, 0.29) is 11.2 Å². The van der Waals surface area contributed by atoms with E-state index in [0.29, 0.717) is 33.8 Å². The highest BCUT2D eigenvalue weighted by Crippen LogP contribution is 2.47. The lowest BCUT2D eigenvalue weighted by Gasteiger charge is -2.38. The third kappa shape index (κ3) is 3.56. The van der Waals surface area contributed by atoms with Gasteiger partial charge in [-0.15, -0.1) is 5.10 Å². The summed E-state index contributed by atoms with van der Waals surface area (Å²) in [6.07, 6.45) is 1.23. The van der Waals surface area contributed by atoms with Gasteiger partial charge in [-0.05, 0) is 30.9 Å². The van der Waals surface area contributed by atoms with Gasteiger partial charge in [-0.2, -0.15) is 4.98 Å². The number of carbonyl (C=O) groups is 1. The number of hydrogen-bond acceptors (Lipinski definition) is 4. The maximum atomic E-state index is 13.3. The van der Waals surface area contributed by atoms with E-state index < -0.39 is 6.04 Å².